The van der Waals surface area contributed by atoms with Gasteiger partial charge in [-0.05, 0) is 24.6 Å². The Hall–Kier alpha value is -4.43. The van der Waals surface area contributed by atoms with Gasteiger partial charge in [0.15, 0.2) is 5.82 Å². The molecule has 0 aliphatic heterocycles. The Labute approximate surface area is 179 Å². The lowest BCUT2D eigenvalue weighted by molar-refractivity contribution is 0.599. The normalized spacial score (nSPS) is 10.7. The Morgan fingerprint density at radius 3 is 2.00 bits per heavy atom. The average Bonchev–Trinajstić information content (AvgIpc) is 3.19. The number of furan rings is 1. The van der Waals surface area contributed by atoms with Crippen LogP contribution in [0.3, 0.4) is 0 Å². The van der Waals surface area contributed by atoms with Crippen LogP contribution in [-0.4, -0.2) is 9.97 Å². The number of hydrogen-bond acceptors (Lipinski definition) is 5. The van der Waals surface area contributed by atoms with Crippen molar-refractivity contribution in [1.82, 2.24) is 9.97 Å². The summed E-state index contributed by atoms with van der Waals surface area (Å²) in [5.41, 5.74) is 5.31. The molecule has 5 rings (SSSR count). The number of hydrogen-bond donors (Lipinski definition) is 1. The van der Waals surface area contributed by atoms with Gasteiger partial charge >= 0.3 is 0 Å². The molecule has 3 aromatic carbocycles. The second-order valence-electron chi connectivity index (χ2n) is 7.13. The van der Waals surface area contributed by atoms with Gasteiger partial charge in [0.05, 0.1) is 16.7 Å². The predicted octanol–water partition coefficient (Wildman–Crippen LogP) is 6.48. The molecule has 148 valence electrons. The monoisotopic (exact) mass is 402 g/mol. The van der Waals surface area contributed by atoms with Gasteiger partial charge in [-0.2, -0.15) is 5.26 Å². The zero-order valence-corrected chi connectivity index (χ0v) is 16.8. The fraction of sp³-hybridized carbons (Fsp3) is 0.0385. The van der Waals surface area contributed by atoms with E-state index in [0.717, 1.165) is 33.4 Å². The van der Waals surface area contributed by atoms with E-state index in [1.165, 1.54) is 0 Å². The summed E-state index contributed by atoms with van der Waals surface area (Å²) in [7, 11) is 0. The van der Waals surface area contributed by atoms with Crippen LogP contribution in [-0.2, 0) is 0 Å². The molecule has 0 aliphatic rings. The first kappa shape index (κ1) is 18.6. The largest absolute Gasteiger partial charge is 0.438 e. The molecular formula is C26H18N4O. The highest BCUT2D eigenvalue weighted by Crippen LogP contribution is 2.42. The van der Waals surface area contributed by atoms with Crippen LogP contribution in [0, 0.1) is 18.3 Å². The Morgan fingerprint density at radius 1 is 0.774 bits per heavy atom. The molecule has 0 unspecified atom stereocenters. The van der Waals surface area contributed by atoms with E-state index in [1.54, 1.807) is 0 Å². The van der Waals surface area contributed by atoms with Gasteiger partial charge < -0.3 is 9.73 Å². The highest BCUT2D eigenvalue weighted by molar-refractivity contribution is 5.89. The summed E-state index contributed by atoms with van der Waals surface area (Å²) in [5, 5.41) is 13.3. The predicted molar refractivity (Wildman–Crippen MR) is 122 cm³/mol. The average molecular weight is 402 g/mol. The molecule has 0 spiro atoms. The standard InChI is InChI=1S/C26H18N4O/c1-17-25(29-22-15-9-8-14-21(22)28-17)30-26-20(16-27)23(18-10-4-2-5-11-18)24(31-26)19-12-6-3-7-13-19/h2-15H,1H3,(H,29,30). The van der Waals surface area contributed by atoms with Gasteiger partial charge in [-0.25, -0.2) is 9.97 Å². The summed E-state index contributed by atoms with van der Waals surface area (Å²) in [5.74, 6) is 1.55. The van der Waals surface area contributed by atoms with E-state index in [0.29, 0.717) is 23.0 Å². The Morgan fingerprint density at radius 2 is 1.35 bits per heavy atom. The molecule has 0 saturated carbocycles. The maximum absolute atomic E-state index is 10.1. The highest BCUT2D eigenvalue weighted by atomic mass is 16.4. The van der Waals surface area contributed by atoms with Crippen molar-refractivity contribution in [2.45, 2.75) is 6.92 Å². The van der Waals surface area contributed by atoms with E-state index >= 15 is 0 Å². The first-order valence-corrected chi connectivity index (χ1v) is 9.92. The number of benzene rings is 3. The molecule has 0 fully saturated rings. The Kier molecular flexibility index (Phi) is 4.66. The zero-order valence-electron chi connectivity index (χ0n) is 16.8. The quantitative estimate of drug-likeness (QED) is 0.372. The van der Waals surface area contributed by atoms with E-state index < -0.39 is 0 Å². The summed E-state index contributed by atoms with van der Waals surface area (Å²) < 4.78 is 6.25. The van der Waals surface area contributed by atoms with Crippen molar-refractivity contribution in [2.24, 2.45) is 0 Å². The molecule has 0 saturated heterocycles. The SMILES string of the molecule is Cc1nc2ccccc2nc1Nc1oc(-c2ccccc2)c(-c2ccccc2)c1C#N. The van der Waals surface area contributed by atoms with Crippen LogP contribution >= 0.6 is 0 Å². The first-order chi connectivity index (χ1) is 15.2. The van der Waals surface area contributed by atoms with Gasteiger partial charge in [0.25, 0.3) is 0 Å². The number of rotatable bonds is 4. The van der Waals surface area contributed by atoms with Gasteiger partial charge in [-0.1, -0.05) is 72.8 Å². The maximum atomic E-state index is 10.1. The number of nitriles is 1. The van der Waals surface area contributed by atoms with Crippen molar-refractivity contribution in [3.8, 4) is 28.5 Å². The van der Waals surface area contributed by atoms with Gasteiger partial charge in [0.1, 0.15) is 17.4 Å². The summed E-state index contributed by atoms with van der Waals surface area (Å²) in [6.07, 6.45) is 0. The molecule has 5 aromatic rings. The van der Waals surface area contributed by atoms with Crippen LogP contribution in [0.1, 0.15) is 11.3 Å². The second kappa shape index (κ2) is 7.77. The number of nitrogens with zero attached hydrogens (tertiary/aromatic N) is 3. The number of para-hydroxylation sites is 2. The fourth-order valence-corrected chi connectivity index (χ4v) is 3.61. The third kappa shape index (κ3) is 3.41. The minimum absolute atomic E-state index is 0.355. The van der Waals surface area contributed by atoms with Crippen LogP contribution < -0.4 is 5.32 Å². The lowest BCUT2D eigenvalue weighted by Gasteiger charge is -2.07. The molecule has 0 aliphatic carbocycles. The molecular weight excluding hydrogens is 384 g/mol. The van der Waals surface area contributed by atoms with E-state index in [9.17, 15) is 5.26 Å². The van der Waals surface area contributed by atoms with E-state index in [4.69, 9.17) is 4.42 Å². The summed E-state index contributed by atoms with van der Waals surface area (Å²) in [4.78, 5) is 9.31. The number of anilines is 2. The van der Waals surface area contributed by atoms with Gasteiger partial charge in [0.2, 0.25) is 5.88 Å². The van der Waals surface area contributed by atoms with Crippen molar-refractivity contribution in [2.75, 3.05) is 5.32 Å². The van der Waals surface area contributed by atoms with Gasteiger partial charge in [-0.3, -0.25) is 0 Å². The second-order valence-corrected chi connectivity index (χ2v) is 7.13. The zero-order chi connectivity index (χ0) is 21.2. The van der Waals surface area contributed by atoms with Crippen LogP contribution in [0.5, 0.6) is 0 Å². The van der Waals surface area contributed by atoms with Gasteiger partial charge in [-0.15, -0.1) is 0 Å². The van der Waals surface area contributed by atoms with Crippen LogP contribution in [0.15, 0.2) is 89.3 Å². The van der Waals surface area contributed by atoms with E-state index in [1.807, 2.05) is 91.9 Å². The van der Waals surface area contributed by atoms with Crippen LogP contribution in [0.2, 0.25) is 0 Å². The van der Waals surface area contributed by atoms with Gasteiger partial charge in [0, 0.05) is 11.1 Å². The summed E-state index contributed by atoms with van der Waals surface area (Å²) in [6, 6.07) is 29.6. The minimum Gasteiger partial charge on any atom is -0.438 e. The van der Waals surface area contributed by atoms with Crippen molar-refractivity contribution in [1.29, 1.82) is 5.26 Å². The van der Waals surface area contributed by atoms with Crippen molar-refractivity contribution >= 4 is 22.7 Å². The summed E-state index contributed by atoms with van der Waals surface area (Å²) >= 11 is 0. The molecule has 2 aromatic heterocycles. The number of fused-ring (bicyclic) bond motifs is 1. The third-order valence-electron chi connectivity index (χ3n) is 5.10. The van der Waals surface area contributed by atoms with Crippen LogP contribution in [0.25, 0.3) is 33.5 Å². The van der Waals surface area contributed by atoms with Crippen molar-refractivity contribution in [3.63, 3.8) is 0 Å². The molecule has 5 heteroatoms. The molecule has 5 nitrogen and oxygen atoms in total. The lowest BCUT2D eigenvalue weighted by atomic mass is 9.98. The van der Waals surface area contributed by atoms with Crippen molar-refractivity contribution < 1.29 is 4.42 Å². The number of aryl methyl sites for hydroxylation is 1. The minimum atomic E-state index is 0.355. The molecule has 1 N–H and O–H groups in total. The molecule has 0 amide bonds. The van der Waals surface area contributed by atoms with Crippen molar-refractivity contribution in [3.05, 3.63) is 96.2 Å². The Bertz CT molecular complexity index is 1420. The molecule has 2 heterocycles. The number of nitrogens with one attached hydrogen (secondary N) is 1. The Balaban J connectivity index is 1.69. The molecule has 31 heavy (non-hydrogen) atoms. The fourth-order valence-electron chi connectivity index (χ4n) is 3.61. The number of aromatic nitrogens is 2. The lowest BCUT2D eigenvalue weighted by Crippen LogP contribution is -2.00. The molecule has 0 radical (unpaired) electrons. The smallest absolute Gasteiger partial charge is 0.217 e. The van der Waals surface area contributed by atoms with Crippen LogP contribution in [0.4, 0.5) is 11.7 Å². The van der Waals surface area contributed by atoms with E-state index in [-0.39, 0.29) is 0 Å². The third-order valence-corrected chi connectivity index (χ3v) is 5.10. The first-order valence-electron chi connectivity index (χ1n) is 9.92. The topological polar surface area (TPSA) is 74.7 Å². The highest BCUT2D eigenvalue weighted by Gasteiger charge is 2.23. The summed E-state index contributed by atoms with van der Waals surface area (Å²) in [6.45, 7) is 1.88. The molecule has 0 bridgehead atoms. The maximum Gasteiger partial charge on any atom is 0.217 e. The van der Waals surface area contributed by atoms with E-state index in [2.05, 4.69) is 21.4 Å². The molecule has 0 atom stereocenters.